The molecular formula is C16H19NO4. The van der Waals surface area contributed by atoms with Crippen LogP contribution >= 0.6 is 0 Å². The summed E-state index contributed by atoms with van der Waals surface area (Å²) in [5, 5.41) is 11.4. The molecule has 0 aliphatic heterocycles. The summed E-state index contributed by atoms with van der Waals surface area (Å²) in [6, 6.07) is 8.11. The van der Waals surface area contributed by atoms with Crippen LogP contribution in [0.3, 0.4) is 0 Å². The van der Waals surface area contributed by atoms with E-state index in [0.29, 0.717) is 0 Å². The molecule has 112 valence electrons. The predicted molar refractivity (Wildman–Crippen MR) is 78.7 cm³/mol. The molecule has 1 rings (SSSR count). The summed E-state index contributed by atoms with van der Waals surface area (Å²) in [6.45, 7) is 5.12. The molecule has 1 unspecified atom stereocenters. The normalized spacial score (nSPS) is 11.8. The van der Waals surface area contributed by atoms with Gasteiger partial charge in [-0.2, -0.15) is 0 Å². The number of benzene rings is 1. The second-order valence-corrected chi connectivity index (χ2v) is 5.41. The Hall–Kier alpha value is -2.48. The molecule has 0 aliphatic rings. The molecule has 1 amide bonds. The van der Waals surface area contributed by atoms with Gasteiger partial charge in [-0.25, -0.2) is 9.59 Å². The Morgan fingerprint density at radius 1 is 1.29 bits per heavy atom. The van der Waals surface area contributed by atoms with Gasteiger partial charge in [0.2, 0.25) is 0 Å². The highest BCUT2D eigenvalue weighted by atomic mass is 16.6. The number of hydrogen-bond donors (Lipinski definition) is 2. The van der Waals surface area contributed by atoms with Crippen molar-refractivity contribution in [1.29, 1.82) is 0 Å². The molecule has 5 nitrogen and oxygen atoms in total. The number of carbonyl (C=O) groups is 2. The number of rotatable bonds is 3. The molecule has 0 spiro atoms. The third-order valence-electron chi connectivity index (χ3n) is 2.30. The lowest BCUT2D eigenvalue weighted by Gasteiger charge is -2.21. The highest BCUT2D eigenvalue weighted by Crippen LogP contribution is 2.07. The van der Waals surface area contributed by atoms with Crippen molar-refractivity contribution >= 4 is 12.1 Å². The van der Waals surface area contributed by atoms with Crippen LogP contribution in [0.4, 0.5) is 4.79 Å². The quantitative estimate of drug-likeness (QED) is 0.838. The molecule has 0 saturated heterocycles. The van der Waals surface area contributed by atoms with Gasteiger partial charge in [0.1, 0.15) is 11.6 Å². The molecule has 0 fully saturated rings. The molecular weight excluding hydrogens is 270 g/mol. The summed E-state index contributed by atoms with van der Waals surface area (Å²) in [4.78, 5) is 22.7. The van der Waals surface area contributed by atoms with Gasteiger partial charge < -0.3 is 15.2 Å². The number of nitrogens with one attached hydrogen (secondary N) is 1. The minimum atomic E-state index is -1.15. The molecule has 0 saturated carbocycles. The van der Waals surface area contributed by atoms with E-state index in [4.69, 9.17) is 9.84 Å². The first-order valence-corrected chi connectivity index (χ1v) is 6.54. The van der Waals surface area contributed by atoms with Crippen LogP contribution in [0.15, 0.2) is 30.3 Å². The largest absolute Gasteiger partial charge is 0.480 e. The Labute approximate surface area is 124 Å². The smallest absolute Gasteiger partial charge is 0.408 e. The average molecular weight is 289 g/mol. The van der Waals surface area contributed by atoms with E-state index in [9.17, 15) is 9.59 Å². The highest BCUT2D eigenvalue weighted by Gasteiger charge is 2.23. The van der Waals surface area contributed by atoms with Gasteiger partial charge in [0, 0.05) is 12.0 Å². The lowest BCUT2D eigenvalue weighted by Crippen LogP contribution is -2.43. The van der Waals surface area contributed by atoms with Crippen LogP contribution in [0.1, 0.15) is 32.8 Å². The van der Waals surface area contributed by atoms with Gasteiger partial charge in [0.15, 0.2) is 0 Å². The predicted octanol–water partition coefficient (Wildman–Crippen LogP) is 2.41. The maximum Gasteiger partial charge on any atom is 0.408 e. The molecule has 0 aliphatic carbocycles. The molecule has 1 aromatic carbocycles. The van der Waals surface area contributed by atoms with E-state index in [0.717, 1.165) is 5.56 Å². The van der Waals surface area contributed by atoms with E-state index in [1.54, 1.807) is 20.8 Å². The van der Waals surface area contributed by atoms with Crippen molar-refractivity contribution in [2.45, 2.75) is 38.8 Å². The number of carboxylic acid groups (broad SMARTS) is 1. The van der Waals surface area contributed by atoms with Crippen LogP contribution in [-0.4, -0.2) is 28.8 Å². The molecule has 21 heavy (non-hydrogen) atoms. The Balaban J connectivity index is 2.61. The zero-order chi connectivity index (χ0) is 15.9. The zero-order valence-electron chi connectivity index (χ0n) is 12.3. The van der Waals surface area contributed by atoms with Gasteiger partial charge in [0.25, 0.3) is 0 Å². The van der Waals surface area contributed by atoms with Gasteiger partial charge in [-0.3, -0.25) is 0 Å². The zero-order valence-corrected chi connectivity index (χ0v) is 12.3. The van der Waals surface area contributed by atoms with Crippen LogP contribution < -0.4 is 5.32 Å². The van der Waals surface area contributed by atoms with E-state index in [1.165, 1.54) is 0 Å². The Kier molecular flexibility index (Phi) is 5.79. The molecule has 1 aromatic rings. The first-order chi connectivity index (χ1) is 9.78. The fourth-order valence-electron chi connectivity index (χ4n) is 1.43. The Morgan fingerprint density at radius 3 is 2.43 bits per heavy atom. The van der Waals surface area contributed by atoms with Crippen molar-refractivity contribution in [1.82, 2.24) is 5.32 Å². The van der Waals surface area contributed by atoms with Gasteiger partial charge in [0.05, 0.1) is 0 Å². The molecule has 1 atom stereocenters. The first kappa shape index (κ1) is 16.6. The summed E-state index contributed by atoms with van der Waals surface area (Å²) >= 11 is 0. The fraction of sp³-hybridized carbons (Fsp3) is 0.375. The molecule has 0 aromatic heterocycles. The molecule has 0 heterocycles. The third-order valence-corrected chi connectivity index (χ3v) is 2.30. The minimum Gasteiger partial charge on any atom is -0.480 e. The van der Waals surface area contributed by atoms with Crippen LogP contribution in [-0.2, 0) is 9.53 Å². The minimum absolute atomic E-state index is 0.00344. The second-order valence-electron chi connectivity index (χ2n) is 5.41. The van der Waals surface area contributed by atoms with Crippen LogP contribution in [0.25, 0.3) is 0 Å². The number of carboxylic acids is 1. The van der Waals surface area contributed by atoms with E-state index < -0.39 is 23.7 Å². The maximum absolute atomic E-state index is 11.6. The van der Waals surface area contributed by atoms with Crippen molar-refractivity contribution in [2.75, 3.05) is 0 Å². The Bertz CT molecular complexity index is 549. The fourth-order valence-corrected chi connectivity index (χ4v) is 1.43. The van der Waals surface area contributed by atoms with Gasteiger partial charge >= 0.3 is 12.1 Å². The molecule has 0 bridgehead atoms. The van der Waals surface area contributed by atoms with Crippen molar-refractivity contribution in [2.24, 2.45) is 0 Å². The second kappa shape index (κ2) is 7.34. The number of aliphatic carboxylic acids is 1. The third kappa shape index (κ3) is 7.02. The van der Waals surface area contributed by atoms with Crippen LogP contribution in [0, 0.1) is 11.8 Å². The lowest BCUT2D eigenvalue weighted by molar-refractivity contribution is -0.139. The summed E-state index contributed by atoms with van der Waals surface area (Å²) in [5.41, 5.74) is 0.113. The number of alkyl carbamates (subject to hydrolysis) is 1. The van der Waals surface area contributed by atoms with Crippen molar-refractivity contribution < 1.29 is 19.4 Å². The summed E-state index contributed by atoms with van der Waals surface area (Å²) < 4.78 is 5.02. The number of hydrogen-bond acceptors (Lipinski definition) is 3. The van der Waals surface area contributed by atoms with E-state index in [-0.39, 0.29) is 6.42 Å². The lowest BCUT2D eigenvalue weighted by atomic mass is 10.2. The SMILES string of the molecule is CC(C)(C)OC(=O)NC(CC#Cc1ccccc1)C(=O)O. The van der Waals surface area contributed by atoms with Crippen molar-refractivity contribution in [3.63, 3.8) is 0 Å². The maximum atomic E-state index is 11.6. The monoisotopic (exact) mass is 289 g/mol. The number of carbonyl (C=O) groups excluding carboxylic acids is 1. The highest BCUT2D eigenvalue weighted by molar-refractivity contribution is 5.80. The van der Waals surface area contributed by atoms with Crippen LogP contribution in [0.5, 0.6) is 0 Å². The molecule has 2 N–H and O–H groups in total. The number of ether oxygens (including phenoxy) is 1. The number of amides is 1. The topological polar surface area (TPSA) is 75.6 Å². The van der Waals surface area contributed by atoms with Crippen LogP contribution in [0.2, 0.25) is 0 Å². The standard InChI is InChI=1S/C16H19NO4/c1-16(2,3)21-15(20)17-13(14(18)19)11-7-10-12-8-5-4-6-9-12/h4-6,8-9,13H,11H2,1-3H3,(H,17,20)(H,18,19). The van der Waals surface area contributed by atoms with Gasteiger partial charge in [-0.1, -0.05) is 30.0 Å². The Morgan fingerprint density at radius 2 is 1.90 bits per heavy atom. The van der Waals surface area contributed by atoms with E-state index in [1.807, 2.05) is 30.3 Å². The van der Waals surface area contributed by atoms with E-state index >= 15 is 0 Å². The van der Waals surface area contributed by atoms with Crippen molar-refractivity contribution in [3.05, 3.63) is 35.9 Å². The van der Waals surface area contributed by atoms with E-state index in [2.05, 4.69) is 17.2 Å². The summed E-state index contributed by atoms with van der Waals surface area (Å²) in [5.74, 6) is 4.45. The molecule has 5 heteroatoms. The summed E-state index contributed by atoms with van der Waals surface area (Å²) in [6.07, 6.45) is -0.764. The van der Waals surface area contributed by atoms with Crippen molar-refractivity contribution in [3.8, 4) is 11.8 Å². The van der Waals surface area contributed by atoms with Gasteiger partial charge in [-0.05, 0) is 32.9 Å². The summed E-state index contributed by atoms with van der Waals surface area (Å²) in [7, 11) is 0. The molecule has 0 radical (unpaired) electrons. The first-order valence-electron chi connectivity index (χ1n) is 6.54. The van der Waals surface area contributed by atoms with Gasteiger partial charge in [-0.15, -0.1) is 0 Å². The average Bonchev–Trinajstić information content (AvgIpc) is 2.36.